The maximum absolute atomic E-state index is 4.53. The van der Waals surface area contributed by atoms with Gasteiger partial charge in [0.2, 0.25) is 0 Å². The molecular formula is C24H42N6Y-6. The molecule has 0 saturated carbocycles. The topological polar surface area (TPSA) is 84.6 Å². The maximum atomic E-state index is 4.53. The van der Waals surface area contributed by atoms with Crippen molar-refractivity contribution >= 4 is 0 Å². The molecule has 0 amide bonds. The van der Waals surface area contributed by atoms with Crippen molar-refractivity contribution < 1.29 is 32.7 Å². The molecule has 0 aromatic rings. The normalized spacial score (nSPS) is 51.7. The van der Waals surface area contributed by atoms with Gasteiger partial charge >= 0.3 is 0 Å². The van der Waals surface area contributed by atoms with Crippen LogP contribution in [0.4, 0.5) is 0 Å². The molecule has 6 nitrogen and oxygen atoms in total. The molecule has 0 N–H and O–H groups in total. The van der Waals surface area contributed by atoms with Gasteiger partial charge in [0, 0.05) is 32.7 Å². The third-order valence-corrected chi connectivity index (χ3v) is 7.57. The average Bonchev–Trinajstić information content (AvgIpc) is 3.41. The van der Waals surface area contributed by atoms with E-state index in [9.17, 15) is 0 Å². The van der Waals surface area contributed by atoms with Crippen molar-refractivity contribution in [3.63, 3.8) is 0 Å². The second-order valence-electron chi connectivity index (χ2n) is 10.9. The first-order valence-corrected chi connectivity index (χ1v) is 12.5. The molecule has 31 heavy (non-hydrogen) atoms. The van der Waals surface area contributed by atoms with Crippen LogP contribution in [0.3, 0.4) is 0 Å². The Kier molecular flexibility index (Phi) is 9.84. The third kappa shape index (κ3) is 6.94. The van der Waals surface area contributed by atoms with Crippen LogP contribution in [-0.2, 0) is 32.7 Å². The number of rotatable bonds is 0. The third-order valence-electron chi connectivity index (χ3n) is 7.57. The Morgan fingerprint density at radius 3 is 0.645 bits per heavy atom. The SMILES string of the molecule is CC1CC2CC(C)[N-]C2[N-]1.CC1CC2CC(C)[N-]C2[N-]1.CC1CC2CC(C)[N-]C2[N-]1.[Y]. The maximum Gasteiger partial charge on any atom is 0 e. The van der Waals surface area contributed by atoms with Gasteiger partial charge in [0.25, 0.3) is 0 Å². The minimum absolute atomic E-state index is 0. The quantitative estimate of drug-likeness (QED) is 0.349. The molecule has 1 radical (unpaired) electrons. The molecule has 0 aromatic heterocycles. The molecule has 6 saturated heterocycles. The summed E-state index contributed by atoms with van der Waals surface area (Å²) in [6.45, 7) is 13.2. The fourth-order valence-corrected chi connectivity index (χ4v) is 6.42. The van der Waals surface area contributed by atoms with Crippen LogP contribution in [-0.4, -0.2) is 54.7 Å². The fourth-order valence-electron chi connectivity index (χ4n) is 6.42. The first-order valence-electron chi connectivity index (χ1n) is 12.5. The second-order valence-corrected chi connectivity index (χ2v) is 10.9. The van der Waals surface area contributed by atoms with Crippen LogP contribution < -0.4 is 0 Å². The van der Waals surface area contributed by atoms with Gasteiger partial charge in [0.1, 0.15) is 0 Å². The molecule has 6 aliphatic heterocycles. The predicted octanol–water partition coefficient (Wildman–Crippen LogP) is 6.78. The van der Waals surface area contributed by atoms with E-state index < -0.39 is 0 Å². The van der Waals surface area contributed by atoms with E-state index in [1.54, 1.807) is 0 Å². The van der Waals surface area contributed by atoms with E-state index in [1.165, 1.54) is 38.5 Å². The monoisotopic (exact) mass is 503 g/mol. The standard InChI is InChI=1S/3C8H14N2.Y/c3*1-5-3-7-4-6(2)10-8(7)9-5;/h3*5-8H,3-4H2,1-2H3;/q3*-2;. The van der Waals surface area contributed by atoms with E-state index in [2.05, 4.69) is 73.4 Å². The van der Waals surface area contributed by atoms with Gasteiger partial charge in [-0.3, -0.25) is 0 Å². The molecule has 0 aromatic carbocycles. The van der Waals surface area contributed by atoms with Crippen molar-refractivity contribution in [2.24, 2.45) is 17.8 Å². The van der Waals surface area contributed by atoms with Gasteiger partial charge in [-0.1, -0.05) is 97.8 Å². The Labute approximate surface area is 216 Å². The zero-order valence-corrected chi connectivity index (χ0v) is 23.3. The fraction of sp³-hybridized carbons (Fsp3) is 1.00. The van der Waals surface area contributed by atoms with Gasteiger partial charge in [-0.25, -0.2) is 18.5 Å². The Bertz CT molecular complexity index is 404. The van der Waals surface area contributed by atoms with Gasteiger partial charge in [-0.05, 0) is 0 Å². The summed E-state index contributed by atoms with van der Waals surface area (Å²) in [7, 11) is 0. The molecule has 6 aliphatic rings. The Morgan fingerprint density at radius 2 is 0.516 bits per heavy atom. The van der Waals surface area contributed by atoms with E-state index in [4.69, 9.17) is 0 Å². The summed E-state index contributed by atoms with van der Waals surface area (Å²) in [6, 6.07) is 3.45. The zero-order valence-electron chi connectivity index (χ0n) is 20.4. The molecule has 6 heterocycles. The van der Waals surface area contributed by atoms with Crippen molar-refractivity contribution in [1.29, 1.82) is 0 Å². The molecule has 0 spiro atoms. The van der Waals surface area contributed by atoms with Crippen LogP contribution in [0.15, 0.2) is 0 Å². The van der Waals surface area contributed by atoms with Crippen LogP contribution in [0.2, 0.25) is 0 Å². The summed E-state index contributed by atoms with van der Waals surface area (Å²) in [6.07, 6.45) is 8.80. The van der Waals surface area contributed by atoms with Gasteiger partial charge in [0.05, 0.1) is 0 Å². The van der Waals surface area contributed by atoms with Crippen LogP contribution in [0, 0.1) is 17.8 Å². The predicted molar refractivity (Wildman–Crippen MR) is 126 cm³/mol. The van der Waals surface area contributed by atoms with E-state index >= 15 is 0 Å². The number of hydrogen-bond acceptors (Lipinski definition) is 0. The first-order chi connectivity index (χ1) is 14.3. The number of fused-ring (bicyclic) bond motifs is 3. The molecular weight excluding hydrogens is 461 g/mol. The molecule has 7 heteroatoms. The summed E-state index contributed by atoms with van der Waals surface area (Å²) in [5, 5.41) is 27.2. The van der Waals surface area contributed by atoms with E-state index in [0.29, 0.717) is 54.7 Å². The summed E-state index contributed by atoms with van der Waals surface area (Å²) in [4.78, 5) is 0. The van der Waals surface area contributed by atoms with E-state index in [0.717, 1.165) is 17.8 Å². The van der Waals surface area contributed by atoms with Crippen molar-refractivity contribution in [3.8, 4) is 0 Å². The van der Waals surface area contributed by atoms with Crippen LogP contribution in [0.25, 0.3) is 31.9 Å². The summed E-state index contributed by atoms with van der Waals surface area (Å²) < 4.78 is 0. The Balaban J connectivity index is 0.000000130. The number of nitrogens with zero attached hydrogens (tertiary/aromatic N) is 6. The molecule has 0 aliphatic carbocycles. The van der Waals surface area contributed by atoms with E-state index in [-0.39, 0.29) is 32.7 Å². The van der Waals surface area contributed by atoms with Gasteiger partial charge < -0.3 is 31.9 Å². The Hall–Kier alpha value is 0.864. The van der Waals surface area contributed by atoms with Crippen LogP contribution in [0.5, 0.6) is 0 Å². The minimum atomic E-state index is 0. The smallest absolute Gasteiger partial charge is 0 e. The average molecular weight is 504 g/mol. The molecule has 6 rings (SSSR count). The minimum Gasteiger partial charge on any atom is -0.675 e. The molecule has 0 bridgehead atoms. The van der Waals surface area contributed by atoms with Gasteiger partial charge in [-0.15, -0.1) is 36.3 Å². The van der Waals surface area contributed by atoms with Gasteiger partial charge in [-0.2, -0.15) is 0 Å². The van der Waals surface area contributed by atoms with Crippen LogP contribution in [0.1, 0.15) is 80.1 Å². The molecule has 6 fully saturated rings. The zero-order chi connectivity index (χ0) is 21.4. The van der Waals surface area contributed by atoms with Crippen LogP contribution >= 0.6 is 0 Å². The van der Waals surface area contributed by atoms with E-state index in [1.807, 2.05) is 0 Å². The van der Waals surface area contributed by atoms with Crippen molar-refractivity contribution in [2.75, 3.05) is 0 Å². The molecule has 6 atom stereocenters. The first kappa shape index (κ1) is 26.5. The number of hydrogen-bond donors (Lipinski definition) is 0. The van der Waals surface area contributed by atoms with Gasteiger partial charge in [0.15, 0.2) is 0 Å². The summed E-state index contributed by atoms with van der Waals surface area (Å²) >= 11 is 0. The summed E-state index contributed by atoms with van der Waals surface area (Å²) in [5.41, 5.74) is 0. The molecule has 177 valence electrons. The van der Waals surface area contributed by atoms with Crippen molar-refractivity contribution in [3.05, 3.63) is 31.9 Å². The van der Waals surface area contributed by atoms with Crippen molar-refractivity contribution in [1.82, 2.24) is 0 Å². The second kappa shape index (κ2) is 11.5. The summed E-state index contributed by atoms with van der Waals surface area (Å²) in [5.74, 6) is 2.39. The largest absolute Gasteiger partial charge is 0.675 e. The Morgan fingerprint density at radius 1 is 0.355 bits per heavy atom. The van der Waals surface area contributed by atoms with Crippen molar-refractivity contribution in [2.45, 2.75) is 135 Å². The molecule has 6 unspecified atom stereocenters.